The summed E-state index contributed by atoms with van der Waals surface area (Å²) >= 11 is 0. The highest BCUT2D eigenvalue weighted by molar-refractivity contribution is 6.70. The Hall–Kier alpha value is -0.583. The van der Waals surface area contributed by atoms with Crippen molar-refractivity contribution in [3.63, 3.8) is 0 Å². The first kappa shape index (κ1) is 13.5. The zero-order chi connectivity index (χ0) is 12.4. The van der Waals surface area contributed by atoms with E-state index in [0.717, 1.165) is 0 Å². The first-order valence-electron chi connectivity index (χ1n) is 5.56. The summed E-state index contributed by atoms with van der Waals surface area (Å²) in [5, 5.41) is 0. The van der Waals surface area contributed by atoms with Gasteiger partial charge < -0.3 is 13.9 Å². The first-order chi connectivity index (χ1) is 7.18. The molecule has 1 heterocycles. The number of hydrogen-bond acceptors (Lipinski definition) is 3. The molecule has 1 fully saturated rings. The van der Waals surface area contributed by atoms with Gasteiger partial charge in [-0.25, -0.2) is 0 Å². The molecule has 1 aliphatic heterocycles. The Bertz CT molecular complexity index is 289. The van der Waals surface area contributed by atoms with E-state index < -0.39 is 14.1 Å². The second-order valence-corrected chi connectivity index (χ2v) is 9.84. The fourth-order valence-corrected chi connectivity index (χ4v) is 2.31. The Morgan fingerprint density at radius 3 is 2.50 bits per heavy atom. The molecule has 1 aliphatic rings. The van der Waals surface area contributed by atoms with Gasteiger partial charge in [-0.2, -0.15) is 0 Å². The van der Waals surface area contributed by atoms with Crippen LogP contribution in [0.15, 0.2) is 24.5 Å². The van der Waals surface area contributed by atoms with Crippen molar-refractivity contribution in [3.8, 4) is 0 Å². The molecule has 1 rings (SSSR count). The molecule has 0 aromatic rings. The van der Waals surface area contributed by atoms with Crippen LogP contribution in [-0.2, 0) is 13.9 Å². The molecular weight excluding hydrogens is 220 g/mol. The minimum Gasteiger partial charge on any atom is -0.545 e. The highest BCUT2D eigenvalue weighted by atomic mass is 28.4. The van der Waals surface area contributed by atoms with Crippen LogP contribution in [0.1, 0.15) is 13.8 Å². The molecule has 0 unspecified atom stereocenters. The van der Waals surface area contributed by atoms with Gasteiger partial charge in [0, 0.05) is 0 Å². The minimum atomic E-state index is -1.55. The molecule has 0 N–H and O–H groups in total. The molecule has 1 saturated heterocycles. The Kier molecular flexibility index (Phi) is 3.99. The predicted octanol–water partition coefficient (Wildman–Crippen LogP) is 3.06. The third-order valence-corrected chi connectivity index (χ3v) is 2.84. The first-order valence-corrected chi connectivity index (χ1v) is 8.97. The van der Waals surface area contributed by atoms with Crippen molar-refractivity contribution in [1.82, 2.24) is 0 Å². The fourth-order valence-electron chi connectivity index (χ4n) is 1.45. The van der Waals surface area contributed by atoms with E-state index in [0.29, 0.717) is 12.4 Å². The van der Waals surface area contributed by atoms with Crippen LogP contribution in [0.4, 0.5) is 0 Å². The lowest BCUT2D eigenvalue weighted by atomic mass is 10.3. The monoisotopic (exact) mass is 242 g/mol. The van der Waals surface area contributed by atoms with E-state index in [1.807, 2.05) is 26.0 Å². The quantitative estimate of drug-likeness (QED) is 0.431. The van der Waals surface area contributed by atoms with Gasteiger partial charge in [0.15, 0.2) is 5.79 Å². The van der Waals surface area contributed by atoms with Gasteiger partial charge in [0.1, 0.15) is 6.10 Å². The van der Waals surface area contributed by atoms with Crippen molar-refractivity contribution in [3.05, 3.63) is 24.5 Å². The van der Waals surface area contributed by atoms with Gasteiger partial charge in [0.2, 0.25) is 8.32 Å². The molecule has 4 heteroatoms. The van der Waals surface area contributed by atoms with Gasteiger partial charge >= 0.3 is 0 Å². The average molecular weight is 242 g/mol. The molecule has 1 atom stereocenters. The van der Waals surface area contributed by atoms with E-state index >= 15 is 0 Å². The van der Waals surface area contributed by atoms with Crippen molar-refractivity contribution < 1.29 is 13.9 Å². The summed E-state index contributed by atoms with van der Waals surface area (Å²) in [5.41, 5.74) is 0. The summed E-state index contributed by atoms with van der Waals surface area (Å²) in [6, 6.07) is 0. The Morgan fingerprint density at radius 1 is 1.44 bits per heavy atom. The van der Waals surface area contributed by atoms with Gasteiger partial charge in [-0.15, -0.1) is 0 Å². The van der Waals surface area contributed by atoms with Crippen molar-refractivity contribution >= 4 is 8.32 Å². The summed E-state index contributed by atoms with van der Waals surface area (Å²) in [4.78, 5) is 0. The maximum Gasteiger partial charge on any atom is 0.242 e. The SMILES string of the molecule is C=C(/C=C/[C@H]1COC(C)(C)O1)O[Si](C)(C)C. The molecule has 92 valence electrons. The Morgan fingerprint density at radius 2 is 2.06 bits per heavy atom. The van der Waals surface area contributed by atoms with Gasteiger partial charge in [-0.1, -0.05) is 6.58 Å². The van der Waals surface area contributed by atoms with Crippen LogP contribution in [0.2, 0.25) is 19.6 Å². The van der Waals surface area contributed by atoms with E-state index in [1.54, 1.807) is 0 Å². The summed E-state index contributed by atoms with van der Waals surface area (Å²) in [7, 11) is -1.55. The lowest BCUT2D eigenvalue weighted by molar-refractivity contribution is -0.133. The third-order valence-electron chi connectivity index (χ3n) is 1.96. The van der Waals surface area contributed by atoms with Gasteiger partial charge in [-0.3, -0.25) is 0 Å². The number of ether oxygens (including phenoxy) is 2. The molecule has 0 aliphatic carbocycles. The van der Waals surface area contributed by atoms with E-state index in [2.05, 4.69) is 26.2 Å². The molecule has 0 bridgehead atoms. The van der Waals surface area contributed by atoms with Crippen molar-refractivity contribution in [2.45, 2.75) is 45.4 Å². The van der Waals surface area contributed by atoms with E-state index in [4.69, 9.17) is 13.9 Å². The largest absolute Gasteiger partial charge is 0.545 e. The number of rotatable bonds is 4. The summed E-state index contributed by atoms with van der Waals surface area (Å²) < 4.78 is 16.8. The molecule has 3 nitrogen and oxygen atoms in total. The van der Waals surface area contributed by atoms with Crippen LogP contribution >= 0.6 is 0 Å². The molecular formula is C12H22O3Si. The highest BCUT2D eigenvalue weighted by Crippen LogP contribution is 2.23. The Labute approximate surface area is 99.2 Å². The summed E-state index contributed by atoms with van der Waals surface area (Å²) in [6.45, 7) is 14.7. The normalized spacial score (nSPS) is 24.9. The second-order valence-electron chi connectivity index (χ2n) is 5.41. The maximum absolute atomic E-state index is 5.71. The second kappa shape index (κ2) is 4.73. The van der Waals surface area contributed by atoms with Crippen LogP contribution in [0.3, 0.4) is 0 Å². The van der Waals surface area contributed by atoms with E-state index in [-0.39, 0.29) is 6.10 Å². The average Bonchev–Trinajstić information content (AvgIpc) is 2.39. The molecule has 0 amide bonds. The van der Waals surface area contributed by atoms with E-state index in [1.165, 1.54) is 0 Å². The Balaban J connectivity index is 2.41. The zero-order valence-corrected chi connectivity index (χ0v) is 11.9. The standard InChI is InChI=1S/C12H22O3Si/c1-10(15-16(4,5)6)7-8-11-9-13-12(2,3)14-11/h7-8,11H,1,9H2,2-6H3/b8-7+/t11-/m0/s1. The van der Waals surface area contributed by atoms with Gasteiger partial charge in [0.25, 0.3) is 0 Å². The molecule has 16 heavy (non-hydrogen) atoms. The number of hydrogen-bond donors (Lipinski definition) is 0. The van der Waals surface area contributed by atoms with Crippen LogP contribution in [0.5, 0.6) is 0 Å². The topological polar surface area (TPSA) is 27.7 Å². The molecule has 0 radical (unpaired) electrons. The van der Waals surface area contributed by atoms with Crippen molar-refractivity contribution in [2.24, 2.45) is 0 Å². The lowest BCUT2D eigenvalue weighted by Gasteiger charge is -2.19. The van der Waals surface area contributed by atoms with Gasteiger partial charge in [-0.05, 0) is 45.6 Å². The fraction of sp³-hybridized carbons (Fsp3) is 0.667. The van der Waals surface area contributed by atoms with Crippen LogP contribution in [0.25, 0.3) is 0 Å². The van der Waals surface area contributed by atoms with Crippen LogP contribution in [0, 0.1) is 0 Å². The summed E-state index contributed by atoms with van der Waals surface area (Å²) in [6.07, 6.45) is 3.81. The van der Waals surface area contributed by atoms with Gasteiger partial charge in [0.05, 0.1) is 12.4 Å². The number of allylic oxidation sites excluding steroid dienone is 1. The molecule has 0 saturated carbocycles. The highest BCUT2D eigenvalue weighted by Gasteiger charge is 2.31. The zero-order valence-electron chi connectivity index (χ0n) is 10.9. The maximum atomic E-state index is 5.71. The predicted molar refractivity (Wildman–Crippen MR) is 67.6 cm³/mol. The summed E-state index contributed by atoms with van der Waals surface area (Å²) in [5.74, 6) is 0.225. The lowest BCUT2D eigenvalue weighted by Crippen LogP contribution is -2.24. The van der Waals surface area contributed by atoms with E-state index in [9.17, 15) is 0 Å². The molecule has 0 spiro atoms. The smallest absolute Gasteiger partial charge is 0.242 e. The van der Waals surface area contributed by atoms with Crippen molar-refractivity contribution in [2.75, 3.05) is 6.61 Å². The van der Waals surface area contributed by atoms with Crippen LogP contribution < -0.4 is 0 Å². The van der Waals surface area contributed by atoms with Crippen molar-refractivity contribution in [1.29, 1.82) is 0 Å². The molecule has 0 aromatic heterocycles. The minimum absolute atomic E-state index is 0.00279. The van der Waals surface area contributed by atoms with Crippen LogP contribution in [-0.4, -0.2) is 26.8 Å². The molecule has 0 aromatic carbocycles. The third kappa shape index (κ3) is 4.96.